The van der Waals surface area contributed by atoms with E-state index in [0.29, 0.717) is 12.2 Å². The van der Waals surface area contributed by atoms with Crippen molar-refractivity contribution in [1.29, 1.82) is 0 Å². The van der Waals surface area contributed by atoms with Crippen molar-refractivity contribution in [3.8, 4) is 11.3 Å². The first-order chi connectivity index (χ1) is 10.7. The van der Waals surface area contributed by atoms with Crippen LogP contribution in [0.2, 0.25) is 0 Å². The highest BCUT2D eigenvalue weighted by molar-refractivity contribution is 5.92. The van der Waals surface area contributed by atoms with Crippen LogP contribution in [-0.2, 0) is 0 Å². The Morgan fingerprint density at radius 2 is 2.18 bits per heavy atom. The summed E-state index contributed by atoms with van der Waals surface area (Å²) in [6.07, 6.45) is 3.08. The smallest absolute Gasteiger partial charge is 0.290 e. The molecule has 1 aliphatic heterocycles. The maximum atomic E-state index is 12.1. The fourth-order valence-electron chi connectivity index (χ4n) is 2.35. The maximum absolute atomic E-state index is 12.1. The Labute approximate surface area is 129 Å². The molecular formula is C17H19N3O2. The molecule has 2 aromatic rings. The van der Waals surface area contributed by atoms with Crippen molar-refractivity contribution in [1.82, 2.24) is 15.8 Å². The molecule has 0 saturated carbocycles. The van der Waals surface area contributed by atoms with Gasteiger partial charge in [0.05, 0.1) is 0 Å². The van der Waals surface area contributed by atoms with Crippen molar-refractivity contribution in [3.05, 3.63) is 53.3 Å². The van der Waals surface area contributed by atoms with Crippen LogP contribution in [0.1, 0.15) is 22.5 Å². The Balaban J connectivity index is 1.64. The molecule has 0 atom stereocenters. The Bertz CT molecular complexity index is 686. The van der Waals surface area contributed by atoms with E-state index >= 15 is 0 Å². The van der Waals surface area contributed by atoms with Gasteiger partial charge in [0.25, 0.3) is 5.91 Å². The minimum atomic E-state index is -0.231. The first-order valence-corrected chi connectivity index (χ1v) is 7.43. The van der Waals surface area contributed by atoms with Crippen LogP contribution in [0.15, 0.2) is 46.5 Å². The first kappa shape index (κ1) is 14.5. The van der Waals surface area contributed by atoms with Gasteiger partial charge in [-0.3, -0.25) is 4.79 Å². The van der Waals surface area contributed by atoms with E-state index in [4.69, 9.17) is 4.52 Å². The number of nitrogens with zero attached hydrogens (tertiary/aromatic N) is 1. The predicted octanol–water partition coefficient (Wildman–Crippen LogP) is 2.30. The molecule has 0 unspecified atom stereocenters. The van der Waals surface area contributed by atoms with Crippen molar-refractivity contribution in [3.63, 3.8) is 0 Å². The lowest BCUT2D eigenvalue weighted by Crippen LogP contribution is -2.29. The van der Waals surface area contributed by atoms with E-state index in [1.54, 1.807) is 6.07 Å². The molecule has 5 heteroatoms. The molecule has 1 aliphatic rings. The second-order valence-electron chi connectivity index (χ2n) is 5.44. The van der Waals surface area contributed by atoms with Crippen LogP contribution in [0.4, 0.5) is 0 Å². The minimum Gasteiger partial charge on any atom is -0.350 e. The Morgan fingerprint density at radius 1 is 1.36 bits per heavy atom. The van der Waals surface area contributed by atoms with Gasteiger partial charge in [-0.05, 0) is 19.9 Å². The summed E-state index contributed by atoms with van der Waals surface area (Å²) < 4.78 is 5.16. The molecule has 0 aliphatic carbocycles. The third kappa shape index (κ3) is 3.43. The van der Waals surface area contributed by atoms with Crippen molar-refractivity contribution >= 4 is 5.91 Å². The van der Waals surface area contributed by atoms with Gasteiger partial charge in [0.15, 0.2) is 0 Å². The quantitative estimate of drug-likeness (QED) is 0.850. The maximum Gasteiger partial charge on any atom is 0.290 e. The largest absolute Gasteiger partial charge is 0.350 e. The number of rotatable bonds is 4. The van der Waals surface area contributed by atoms with E-state index in [1.165, 1.54) is 11.1 Å². The van der Waals surface area contributed by atoms with E-state index < -0.39 is 0 Å². The number of carbonyl (C=O) groups is 1. The second-order valence-corrected chi connectivity index (χ2v) is 5.44. The standard InChI is InChI=1S/C17H19N3O2/c1-12-2-4-14(5-3-12)15-10-16(22-20-15)17(21)19-11-13-6-8-18-9-7-13/h2-6,10,18H,7-9,11H2,1H3,(H,19,21). The fraction of sp³-hybridized carbons (Fsp3) is 0.294. The van der Waals surface area contributed by atoms with Crippen LogP contribution in [0.5, 0.6) is 0 Å². The number of hydrogen-bond acceptors (Lipinski definition) is 4. The van der Waals surface area contributed by atoms with E-state index in [9.17, 15) is 4.79 Å². The Hall–Kier alpha value is -2.40. The molecule has 114 valence electrons. The summed E-state index contributed by atoms with van der Waals surface area (Å²) in [4.78, 5) is 12.1. The minimum absolute atomic E-state index is 0.231. The summed E-state index contributed by atoms with van der Waals surface area (Å²) in [6, 6.07) is 9.63. The van der Waals surface area contributed by atoms with E-state index in [-0.39, 0.29) is 11.7 Å². The average molecular weight is 297 g/mol. The SMILES string of the molecule is Cc1ccc(-c2cc(C(=O)NCC3=CCNCC3)on2)cc1. The van der Waals surface area contributed by atoms with Gasteiger partial charge in [0.2, 0.25) is 5.76 Å². The molecule has 2 heterocycles. The molecule has 1 aromatic heterocycles. The van der Waals surface area contributed by atoms with Gasteiger partial charge in [-0.1, -0.05) is 46.6 Å². The highest BCUT2D eigenvalue weighted by Crippen LogP contribution is 2.19. The zero-order valence-corrected chi connectivity index (χ0v) is 12.6. The highest BCUT2D eigenvalue weighted by Gasteiger charge is 2.14. The lowest BCUT2D eigenvalue weighted by molar-refractivity contribution is 0.0920. The summed E-state index contributed by atoms with van der Waals surface area (Å²) in [5, 5.41) is 10.1. The molecule has 0 radical (unpaired) electrons. The van der Waals surface area contributed by atoms with Gasteiger partial charge in [-0.2, -0.15) is 0 Å². The molecule has 3 rings (SSSR count). The molecule has 0 spiro atoms. The molecule has 0 saturated heterocycles. The Morgan fingerprint density at radius 3 is 2.91 bits per heavy atom. The number of benzene rings is 1. The van der Waals surface area contributed by atoms with Gasteiger partial charge in [0.1, 0.15) is 5.69 Å². The van der Waals surface area contributed by atoms with E-state index in [2.05, 4.69) is 21.9 Å². The third-order valence-electron chi connectivity index (χ3n) is 3.72. The summed E-state index contributed by atoms with van der Waals surface area (Å²) in [6.45, 7) is 4.41. The molecule has 5 nitrogen and oxygen atoms in total. The first-order valence-electron chi connectivity index (χ1n) is 7.43. The van der Waals surface area contributed by atoms with Crippen LogP contribution in [-0.4, -0.2) is 30.7 Å². The fourth-order valence-corrected chi connectivity index (χ4v) is 2.35. The van der Waals surface area contributed by atoms with Crippen LogP contribution in [0, 0.1) is 6.92 Å². The van der Waals surface area contributed by atoms with Gasteiger partial charge in [-0.25, -0.2) is 0 Å². The van der Waals surface area contributed by atoms with Crippen LogP contribution in [0.25, 0.3) is 11.3 Å². The van der Waals surface area contributed by atoms with Crippen molar-refractivity contribution in [2.75, 3.05) is 19.6 Å². The molecule has 2 N–H and O–H groups in total. The number of amides is 1. The second kappa shape index (κ2) is 6.58. The zero-order valence-electron chi connectivity index (χ0n) is 12.6. The van der Waals surface area contributed by atoms with Gasteiger partial charge < -0.3 is 15.2 Å². The van der Waals surface area contributed by atoms with Crippen molar-refractivity contribution < 1.29 is 9.32 Å². The Kier molecular flexibility index (Phi) is 4.34. The van der Waals surface area contributed by atoms with Gasteiger partial charge >= 0.3 is 0 Å². The van der Waals surface area contributed by atoms with Crippen LogP contribution in [0.3, 0.4) is 0 Å². The predicted molar refractivity (Wildman–Crippen MR) is 84.6 cm³/mol. The molecule has 0 fully saturated rings. The molecule has 22 heavy (non-hydrogen) atoms. The average Bonchev–Trinajstić information content (AvgIpc) is 3.04. The van der Waals surface area contributed by atoms with Gasteiger partial charge in [-0.15, -0.1) is 0 Å². The van der Waals surface area contributed by atoms with Crippen LogP contribution >= 0.6 is 0 Å². The molecular weight excluding hydrogens is 278 g/mol. The lowest BCUT2D eigenvalue weighted by Gasteiger charge is -2.13. The molecule has 0 bridgehead atoms. The topological polar surface area (TPSA) is 67.2 Å². The van der Waals surface area contributed by atoms with Crippen molar-refractivity contribution in [2.45, 2.75) is 13.3 Å². The van der Waals surface area contributed by atoms with Gasteiger partial charge in [0, 0.05) is 24.7 Å². The zero-order chi connectivity index (χ0) is 15.4. The summed E-state index contributed by atoms with van der Waals surface area (Å²) in [7, 11) is 0. The summed E-state index contributed by atoms with van der Waals surface area (Å²) in [5.41, 5.74) is 4.03. The summed E-state index contributed by atoms with van der Waals surface area (Å²) >= 11 is 0. The molecule has 1 amide bonds. The third-order valence-corrected chi connectivity index (χ3v) is 3.72. The monoisotopic (exact) mass is 297 g/mol. The number of aromatic nitrogens is 1. The highest BCUT2D eigenvalue weighted by atomic mass is 16.5. The van der Waals surface area contributed by atoms with Crippen molar-refractivity contribution in [2.24, 2.45) is 0 Å². The number of nitrogens with one attached hydrogen (secondary N) is 2. The van der Waals surface area contributed by atoms with Crippen LogP contribution < -0.4 is 10.6 Å². The molecule has 1 aromatic carbocycles. The van der Waals surface area contributed by atoms with E-state index in [0.717, 1.165) is 25.1 Å². The lowest BCUT2D eigenvalue weighted by atomic mass is 10.1. The number of aryl methyl sites for hydroxylation is 1. The number of carbonyl (C=O) groups excluding carboxylic acids is 1. The summed E-state index contributed by atoms with van der Waals surface area (Å²) in [5.74, 6) is 0.00963. The normalized spacial score (nSPS) is 14.5. The number of hydrogen-bond donors (Lipinski definition) is 2. The van der Waals surface area contributed by atoms with E-state index in [1.807, 2.05) is 31.2 Å².